The number of hydrogen-bond donors (Lipinski definition) is 1. The number of amides is 1. The van der Waals surface area contributed by atoms with Gasteiger partial charge in [-0.25, -0.2) is 4.99 Å². The van der Waals surface area contributed by atoms with Gasteiger partial charge < -0.3 is 10.1 Å². The maximum atomic E-state index is 13.5. The molecule has 38 heavy (non-hydrogen) atoms. The SMILES string of the molecule is CC(C)(C)[C@@H]1CCc2c(sc(N=Cc3cccc(OCc4ccccc4)c3)c2C(=O)Nc2ccccc2)C1. The Bertz CT molecular complexity index is 1420. The number of carbonyl (C=O) groups excluding carboxylic acids is 1. The van der Waals surface area contributed by atoms with Crippen molar-refractivity contribution in [2.24, 2.45) is 16.3 Å². The largest absolute Gasteiger partial charge is 0.489 e. The predicted octanol–water partition coefficient (Wildman–Crippen LogP) is 8.48. The van der Waals surface area contributed by atoms with E-state index >= 15 is 0 Å². The Morgan fingerprint density at radius 3 is 2.50 bits per heavy atom. The molecule has 4 nitrogen and oxygen atoms in total. The Morgan fingerprint density at radius 2 is 1.76 bits per heavy atom. The van der Waals surface area contributed by atoms with Crippen molar-refractivity contribution >= 4 is 34.1 Å². The van der Waals surface area contributed by atoms with Gasteiger partial charge in [0, 0.05) is 16.8 Å². The van der Waals surface area contributed by atoms with E-state index in [-0.39, 0.29) is 11.3 Å². The van der Waals surface area contributed by atoms with E-state index in [9.17, 15) is 4.79 Å². The summed E-state index contributed by atoms with van der Waals surface area (Å²) in [5, 5.41) is 3.86. The summed E-state index contributed by atoms with van der Waals surface area (Å²) >= 11 is 1.66. The molecule has 0 saturated carbocycles. The molecule has 1 heterocycles. The molecule has 0 bridgehead atoms. The van der Waals surface area contributed by atoms with Crippen molar-refractivity contribution in [1.82, 2.24) is 0 Å². The Kier molecular flexibility index (Phi) is 7.75. The Labute approximate surface area is 229 Å². The first-order valence-corrected chi connectivity index (χ1v) is 14.0. The highest BCUT2D eigenvalue weighted by Crippen LogP contribution is 2.45. The van der Waals surface area contributed by atoms with Gasteiger partial charge in [-0.3, -0.25) is 4.79 Å². The molecule has 1 N–H and O–H groups in total. The number of hydrogen-bond acceptors (Lipinski definition) is 4. The predicted molar refractivity (Wildman–Crippen MR) is 158 cm³/mol. The minimum atomic E-state index is -0.0880. The van der Waals surface area contributed by atoms with E-state index in [1.165, 1.54) is 4.88 Å². The maximum absolute atomic E-state index is 13.5. The fourth-order valence-electron chi connectivity index (χ4n) is 4.91. The van der Waals surface area contributed by atoms with Crippen LogP contribution in [0.5, 0.6) is 5.75 Å². The lowest BCUT2D eigenvalue weighted by Gasteiger charge is -2.33. The second-order valence-corrected chi connectivity index (χ2v) is 12.0. The number of fused-ring (bicyclic) bond motifs is 1. The fraction of sp³-hybridized carbons (Fsp3) is 0.273. The van der Waals surface area contributed by atoms with Crippen molar-refractivity contribution in [3.63, 3.8) is 0 Å². The quantitative estimate of drug-likeness (QED) is 0.247. The van der Waals surface area contributed by atoms with Crippen LogP contribution in [0.25, 0.3) is 0 Å². The molecule has 1 aliphatic rings. The summed E-state index contributed by atoms with van der Waals surface area (Å²) in [4.78, 5) is 19.7. The zero-order chi connectivity index (χ0) is 26.5. The molecule has 0 spiro atoms. The Hall–Kier alpha value is -3.70. The van der Waals surface area contributed by atoms with Gasteiger partial charge in [0.1, 0.15) is 17.4 Å². The minimum absolute atomic E-state index is 0.0880. The molecule has 5 rings (SSSR count). The summed E-state index contributed by atoms with van der Waals surface area (Å²) in [6, 6.07) is 27.7. The number of carbonyl (C=O) groups is 1. The first-order chi connectivity index (χ1) is 18.4. The summed E-state index contributed by atoms with van der Waals surface area (Å²) in [6.45, 7) is 7.44. The smallest absolute Gasteiger partial charge is 0.259 e. The molecule has 0 radical (unpaired) electrons. The lowest BCUT2D eigenvalue weighted by atomic mass is 9.72. The summed E-state index contributed by atoms with van der Waals surface area (Å²) in [7, 11) is 0. The highest BCUT2D eigenvalue weighted by molar-refractivity contribution is 7.16. The van der Waals surface area contributed by atoms with E-state index in [4.69, 9.17) is 9.73 Å². The topological polar surface area (TPSA) is 50.7 Å². The monoisotopic (exact) mass is 522 g/mol. The highest BCUT2D eigenvalue weighted by atomic mass is 32.1. The van der Waals surface area contributed by atoms with Gasteiger partial charge in [0.05, 0.1) is 5.56 Å². The average Bonchev–Trinajstić information content (AvgIpc) is 3.29. The van der Waals surface area contributed by atoms with Gasteiger partial charge in [-0.1, -0.05) is 81.4 Å². The van der Waals surface area contributed by atoms with Crippen LogP contribution < -0.4 is 10.1 Å². The van der Waals surface area contributed by atoms with Gasteiger partial charge >= 0.3 is 0 Å². The number of nitrogens with one attached hydrogen (secondary N) is 1. The number of para-hydroxylation sites is 1. The summed E-state index contributed by atoms with van der Waals surface area (Å²) in [5.41, 5.74) is 4.96. The molecular formula is C33H34N2O2S. The van der Waals surface area contributed by atoms with Crippen molar-refractivity contribution in [3.05, 3.63) is 112 Å². The molecular weight excluding hydrogens is 488 g/mol. The second-order valence-electron chi connectivity index (χ2n) is 10.9. The molecule has 0 saturated heterocycles. The first-order valence-electron chi connectivity index (χ1n) is 13.2. The molecule has 1 amide bonds. The number of rotatable bonds is 7. The molecule has 0 unspecified atom stereocenters. The van der Waals surface area contributed by atoms with Crippen molar-refractivity contribution in [2.45, 2.75) is 46.6 Å². The van der Waals surface area contributed by atoms with Crippen LogP contribution in [-0.4, -0.2) is 12.1 Å². The zero-order valence-electron chi connectivity index (χ0n) is 22.2. The van der Waals surface area contributed by atoms with Crippen LogP contribution in [0.2, 0.25) is 0 Å². The number of benzene rings is 3. The molecule has 4 aromatic rings. The van der Waals surface area contributed by atoms with Crippen LogP contribution in [0.3, 0.4) is 0 Å². The molecule has 0 aliphatic heterocycles. The maximum Gasteiger partial charge on any atom is 0.259 e. The normalized spacial score (nSPS) is 15.3. The standard InChI is InChI=1S/C33H34N2O2S/c1-33(2,3)25-17-18-28-29(20-25)38-32(30(28)31(36)35-26-14-8-5-9-15-26)34-21-24-13-10-16-27(19-24)37-22-23-11-6-4-7-12-23/h4-16,19,21,25H,17-18,20,22H2,1-3H3,(H,35,36)/t25-/m1/s1. The van der Waals surface area contributed by atoms with Crippen LogP contribution in [0.15, 0.2) is 89.9 Å². The minimum Gasteiger partial charge on any atom is -0.489 e. The molecule has 194 valence electrons. The van der Waals surface area contributed by atoms with Crippen LogP contribution in [0, 0.1) is 11.3 Å². The third-order valence-electron chi connectivity index (χ3n) is 7.17. The molecule has 1 aromatic heterocycles. The van der Waals surface area contributed by atoms with Crippen LogP contribution in [0.4, 0.5) is 10.7 Å². The van der Waals surface area contributed by atoms with E-state index in [1.807, 2.05) is 79.0 Å². The molecule has 1 aliphatic carbocycles. The number of anilines is 1. The number of aliphatic imine (C=N–C) groups is 1. The van der Waals surface area contributed by atoms with Crippen LogP contribution in [-0.2, 0) is 19.4 Å². The zero-order valence-corrected chi connectivity index (χ0v) is 23.1. The number of ether oxygens (including phenoxy) is 1. The lowest BCUT2D eigenvalue weighted by Crippen LogP contribution is -2.27. The third-order valence-corrected chi connectivity index (χ3v) is 8.33. The number of thiophene rings is 1. The van der Waals surface area contributed by atoms with Crippen molar-refractivity contribution in [1.29, 1.82) is 0 Å². The Balaban J connectivity index is 1.41. The first kappa shape index (κ1) is 25.9. The van der Waals surface area contributed by atoms with Crippen molar-refractivity contribution in [2.75, 3.05) is 5.32 Å². The van der Waals surface area contributed by atoms with Crippen LogP contribution >= 0.6 is 11.3 Å². The van der Waals surface area contributed by atoms with Gasteiger partial charge in [-0.05, 0) is 71.6 Å². The van der Waals surface area contributed by atoms with E-state index < -0.39 is 0 Å². The van der Waals surface area contributed by atoms with Gasteiger partial charge in [0.15, 0.2) is 0 Å². The molecule has 1 atom stereocenters. The van der Waals surface area contributed by atoms with Gasteiger partial charge in [-0.2, -0.15) is 0 Å². The highest BCUT2D eigenvalue weighted by Gasteiger charge is 2.33. The number of nitrogens with zero attached hydrogens (tertiary/aromatic N) is 1. The van der Waals surface area contributed by atoms with E-state index in [0.29, 0.717) is 18.1 Å². The van der Waals surface area contributed by atoms with Gasteiger partial charge in [-0.15, -0.1) is 11.3 Å². The fourth-order valence-corrected chi connectivity index (χ4v) is 6.18. The molecule has 5 heteroatoms. The third kappa shape index (κ3) is 6.22. The van der Waals surface area contributed by atoms with Crippen molar-refractivity contribution < 1.29 is 9.53 Å². The van der Waals surface area contributed by atoms with Gasteiger partial charge in [0.25, 0.3) is 5.91 Å². The molecule has 3 aromatic carbocycles. The second kappa shape index (κ2) is 11.4. The average molecular weight is 523 g/mol. The summed E-state index contributed by atoms with van der Waals surface area (Å²) < 4.78 is 6.00. The van der Waals surface area contributed by atoms with E-state index in [2.05, 4.69) is 38.2 Å². The van der Waals surface area contributed by atoms with Crippen molar-refractivity contribution in [3.8, 4) is 5.75 Å². The Morgan fingerprint density at radius 1 is 1.03 bits per heavy atom. The lowest BCUT2D eigenvalue weighted by molar-refractivity contribution is 0.102. The van der Waals surface area contributed by atoms with E-state index in [0.717, 1.165) is 52.4 Å². The van der Waals surface area contributed by atoms with Crippen LogP contribution in [0.1, 0.15) is 59.1 Å². The molecule has 0 fully saturated rings. The van der Waals surface area contributed by atoms with Gasteiger partial charge in [0.2, 0.25) is 0 Å². The summed E-state index contributed by atoms with van der Waals surface area (Å²) in [6.07, 6.45) is 4.83. The summed E-state index contributed by atoms with van der Waals surface area (Å²) in [5.74, 6) is 1.29. The van der Waals surface area contributed by atoms with E-state index in [1.54, 1.807) is 11.3 Å².